The van der Waals surface area contributed by atoms with Gasteiger partial charge in [0.05, 0.1) is 0 Å². The minimum absolute atomic E-state index is 0.0622. The Kier molecular flexibility index (Phi) is 4.88. The molecule has 1 aromatic carbocycles. The number of aryl methyl sites for hydroxylation is 1. The Morgan fingerprint density at radius 1 is 1.38 bits per heavy atom. The molecule has 1 amide bonds. The number of carbonyl (C=O) groups excluding carboxylic acids is 1. The zero-order chi connectivity index (χ0) is 15.5. The second kappa shape index (κ2) is 6.48. The van der Waals surface area contributed by atoms with Crippen LogP contribution in [-0.4, -0.2) is 24.6 Å². The van der Waals surface area contributed by atoms with Gasteiger partial charge < -0.3 is 15.4 Å². The van der Waals surface area contributed by atoms with Gasteiger partial charge in [-0.3, -0.25) is 4.79 Å². The van der Waals surface area contributed by atoms with Crippen molar-refractivity contribution in [2.45, 2.75) is 52.1 Å². The molecule has 2 N–H and O–H groups in total. The molecule has 0 aliphatic heterocycles. The quantitative estimate of drug-likeness (QED) is 0.876. The van der Waals surface area contributed by atoms with E-state index < -0.39 is 0 Å². The maximum Gasteiger partial charge on any atom is 0.258 e. The standard InChI is InChI=1S/C17H26N2O2/c1-5-18-15-9-6-12-10-13(7-8-14(12)15)21-11-16(20)19-17(2,3)4/h7-8,10,15,18H,5-6,9,11H2,1-4H3,(H,19,20). The topological polar surface area (TPSA) is 50.4 Å². The molecular weight excluding hydrogens is 264 g/mol. The highest BCUT2D eigenvalue weighted by molar-refractivity contribution is 5.78. The van der Waals surface area contributed by atoms with Crippen LogP contribution in [0.4, 0.5) is 0 Å². The molecule has 0 bridgehead atoms. The van der Waals surface area contributed by atoms with Crippen LogP contribution in [0, 0.1) is 0 Å². The molecule has 1 atom stereocenters. The molecule has 116 valence electrons. The fraction of sp³-hybridized carbons (Fsp3) is 0.588. The molecule has 1 aliphatic rings. The van der Waals surface area contributed by atoms with E-state index in [0.717, 1.165) is 25.1 Å². The van der Waals surface area contributed by atoms with Gasteiger partial charge in [0.25, 0.3) is 5.91 Å². The Labute approximate surface area is 127 Å². The molecule has 1 aromatic rings. The molecule has 4 nitrogen and oxygen atoms in total. The van der Waals surface area contributed by atoms with Gasteiger partial charge in [0.2, 0.25) is 0 Å². The van der Waals surface area contributed by atoms with Gasteiger partial charge in [0.15, 0.2) is 6.61 Å². The van der Waals surface area contributed by atoms with Crippen molar-refractivity contribution in [3.05, 3.63) is 29.3 Å². The second-order valence-corrected chi connectivity index (χ2v) is 6.60. The van der Waals surface area contributed by atoms with Crippen molar-refractivity contribution >= 4 is 5.91 Å². The summed E-state index contributed by atoms with van der Waals surface area (Å²) in [6.07, 6.45) is 2.20. The summed E-state index contributed by atoms with van der Waals surface area (Å²) in [5.74, 6) is 0.684. The SMILES string of the molecule is CCNC1CCc2cc(OCC(=O)NC(C)(C)C)ccc21. The lowest BCUT2D eigenvalue weighted by Crippen LogP contribution is -2.43. The van der Waals surface area contributed by atoms with Crippen LogP contribution in [0.5, 0.6) is 5.75 Å². The molecule has 0 heterocycles. The number of benzene rings is 1. The van der Waals surface area contributed by atoms with E-state index in [1.54, 1.807) is 0 Å². The first-order valence-corrected chi connectivity index (χ1v) is 7.69. The van der Waals surface area contributed by atoms with Crippen LogP contribution in [0.2, 0.25) is 0 Å². The van der Waals surface area contributed by atoms with Crippen molar-refractivity contribution < 1.29 is 9.53 Å². The minimum Gasteiger partial charge on any atom is -0.484 e. The molecule has 21 heavy (non-hydrogen) atoms. The van der Waals surface area contributed by atoms with Crippen molar-refractivity contribution in [3.8, 4) is 5.75 Å². The molecule has 1 aliphatic carbocycles. The monoisotopic (exact) mass is 290 g/mol. The first-order chi connectivity index (χ1) is 9.89. The Morgan fingerprint density at radius 3 is 2.81 bits per heavy atom. The van der Waals surface area contributed by atoms with Gasteiger partial charge >= 0.3 is 0 Å². The van der Waals surface area contributed by atoms with Gasteiger partial charge in [-0.15, -0.1) is 0 Å². The summed E-state index contributed by atoms with van der Waals surface area (Å²) in [5, 5.41) is 6.38. The summed E-state index contributed by atoms with van der Waals surface area (Å²) in [6, 6.07) is 6.60. The summed E-state index contributed by atoms with van der Waals surface area (Å²) in [5.41, 5.74) is 2.47. The van der Waals surface area contributed by atoms with E-state index in [1.165, 1.54) is 11.1 Å². The lowest BCUT2D eigenvalue weighted by Gasteiger charge is -2.20. The fourth-order valence-electron chi connectivity index (χ4n) is 2.75. The zero-order valence-corrected chi connectivity index (χ0v) is 13.5. The van der Waals surface area contributed by atoms with Gasteiger partial charge in [0, 0.05) is 11.6 Å². The third-order valence-corrected chi connectivity index (χ3v) is 3.53. The molecule has 0 fully saturated rings. The number of rotatable bonds is 5. The van der Waals surface area contributed by atoms with Crippen molar-refractivity contribution in [1.82, 2.24) is 10.6 Å². The fourth-order valence-corrected chi connectivity index (χ4v) is 2.75. The van der Waals surface area contributed by atoms with Crippen LogP contribution in [0.3, 0.4) is 0 Å². The number of ether oxygens (including phenoxy) is 1. The smallest absolute Gasteiger partial charge is 0.258 e. The molecule has 1 unspecified atom stereocenters. The molecule has 0 saturated carbocycles. The first kappa shape index (κ1) is 15.8. The van der Waals surface area contributed by atoms with E-state index in [1.807, 2.05) is 26.8 Å². The molecular formula is C17H26N2O2. The van der Waals surface area contributed by atoms with Crippen molar-refractivity contribution in [3.63, 3.8) is 0 Å². The number of hydrogen-bond acceptors (Lipinski definition) is 3. The van der Waals surface area contributed by atoms with E-state index in [-0.39, 0.29) is 18.1 Å². The Morgan fingerprint density at radius 2 is 2.14 bits per heavy atom. The van der Waals surface area contributed by atoms with Gasteiger partial charge in [0.1, 0.15) is 5.75 Å². The van der Waals surface area contributed by atoms with E-state index in [0.29, 0.717) is 6.04 Å². The molecule has 0 saturated heterocycles. The third-order valence-electron chi connectivity index (χ3n) is 3.53. The Hall–Kier alpha value is -1.55. The Bertz CT molecular complexity index is 506. The third kappa shape index (κ3) is 4.46. The molecule has 0 radical (unpaired) electrons. The van der Waals surface area contributed by atoms with Crippen molar-refractivity contribution in [1.29, 1.82) is 0 Å². The highest BCUT2D eigenvalue weighted by Crippen LogP contribution is 2.33. The van der Waals surface area contributed by atoms with Gasteiger partial charge in [-0.25, -0.2) is 0 Å². The number of amides is 1. The number of hydrogen-bond donors (Lipinski definition) is 2. The van der Waals surface area contributed by atoms with E-state index in [9.17, 15) is 4.79 Å². The van der Waals surface area contributed by atoms with Gasteiger partial charge in [-0.1, -0.05) is 13.0 Å². The van der Waals surface area contributed by atoms with Crippen molar-refractivity contribution in [2.75, 3.05) is 13.2 Å². The van der Waals surface area contributed by atoms with Crippen LogP contribution < -0.4 is 15.4 Å². The molecule has 2 rings (SSSR count). The van der Waals surface area contributed by atoms with E-state index in [2.05, 4.69) is 29.7 Å². The number of fused-ring (bicyclic) bond motifs is 1. The summed E-state index contributed by atoms with van der Waals surface area (Å²) >= 11 is 0. The Balaban J connectivity index is 1.93. The predicted molar refractivity (Wildman–Crippen MR) is 84.6 cm³/mol. The zero-order valence-electron chi connectivity index (χ0n) is 13.5. The lowest BCUT2D eigenvalue weighted by atomic mass is 10.1. The van der Waals surface area contributed by atoms with Crippen LogP contribution in [-0.2, 0) is 11.2 Å². The average molecular weight is 290 g/mol. The normalized spacial score (nSPS) is 17.4. The van der Waals surface area contributed by atoms with E-state index in [4.69, 9.17) is 4.74 Å². The molecule has 0 aromatic heterocycles. The maximum absolute atomic E-state index is 11.8. The van der Waals surface area contributed by atoms with Crippen LogP contribution in [0.15, 0.2) is 18.2 Å². The second-order valence-electron chi connectivity index (χ2n) is 6.60. The average Bonchev–Trinajstić information content (AvgIpc) is 2.78. The van der Waals surface area contributed by atoms with Gasteiger partial charge in [-0.05, 0) is 63.4 Å². The summed E-state index contributed by atoms with van der Waals surface area (Å²) in [6.45, 7) is 9.05. The summed E-state index contributed by atoms with van der Waals surface area (Å²) < 4.78 is 5.60. The summed E-state index contributed by atoms with van der Waals surface area (Å²) in [7, 11) is 0. The van der Waals surface area contributed by atoms with Crippen LogP contribution in [0.1, 0.15) is 51.3 Å². The molecule has 4 heteroatoms. The first-order valence-electron chi connectivity index (χ1n) is 7.69. The van der Waals surface area contributed by atoms with Crippen molar-refractivity contribution in [2.24, 2.45) is 0 Å². The minimum atomic E-state index is -0.225. The highest BCUT2D eigenvalue weighted by atomic mass is 16.5. The summed E-state index contributed by atoms with van der Waals surface area (Å²) in [4.78, 5) is 11.8. The molecule has 0 spiro atoms. The predicted octanol–water partition coefficient (Wildman–Crippen LogP) is 2.58. The van der Waals surface area contributed by atoms with E-state index >= 15 is 0 Å². The van der Waals surface area contributed by atoms with Crippen LogP contribution in [0.25, 0.3) is 0 Å². The number of carbonyl (C=O) groups is 1. The van der Waals surface area contributed by atoms with Gasteiger partial charge in [-0.2, -0.15) is 0 Å². The highest BCUT2D eigenvalue weighted by Gasteiger charge is 2.22. The lowest BCUT2D eigenvalue weighted by molar-refractivity contribution is -0.124. The maximum atomic E-state index is 11.8. The number of nitrogens with one attached hydrogen (secondary N) is 2. The largest absolute Gasteiger partial charge is 0.484 e. The van der Waals surface area contributed by atoms with Crippen LogP contribution >= 0.6 is 0 Å².